The third kappa shape index (κ3) is 8.20. The summed E-state index contributed by atoms with van der Waals surface area (Å²) in [5, 5.41) is 3.12. The van der Waals surface area contributed by atoms with Gasteiger partial charge in [0, 0.05) is 26.6 Å². The highest BCUT2D eigenvalue weighted by atomic mass is 127. The van der Waals surface area contributed by atoms with E-state index in [2.05, 4.69) is 10.3 Å². The fraction of sp³-hybridized carbons (Fsp3) is 0.611. The zero-order chi connectivity index (χ0) is 19.2. The minimum Gasteiger partial charge on any atom is -0.367 e. The topological polar surface area (TPSA) is 36.9 Å². The summed E-state index contributed by atoms with van der Waals surface area (Å²) in [5.74, 6) is 0.338. The van der Waals surface area contributed by atoms with Gasteiger partial charge in [0.05, 0.1) is 12.6 Å². The molecule has 0 spiro atoms. The molecule has 0 amide bonds. The van der Waals surface area contributed by atoms with Gasteiger partial charge in [-0.3, -0.25) is 4.99 Å². The highest BCUT2D eigenvalue weighted by Gasteiger charge is 2.28. The molecule has 0 bridgehead atoms. The van der Waals surface area contributed by atoms with E-state index >= 15 is 0 Å². The number of halogens is 5. The minimum absolute atomic E-state index is 0. The number of nitrogens with one attached hydrogen (secondary N) is 1. The first-order valence-corrected chi connectivity index (χ1v) is 8.72. The van der Waals surface area contributed by atoms with Crippen molar-refractivity contribution in [3.63, 3.8) is 0 Å². The van der Waals surface area contributed by atoms with E-state index in [0.29, 0.717) is 32.0 Å². The second kappa shape index (κ2) is 11.0. The number of ether oxygens (including phenoxy) is 1. The molecule has 0 radical (unpaired) electrons. The zero-order valence-corrected chi connectivity index (χ0v) is 17.8. The summed E-state index contributed by atoms with van der Waals surface area (Å²) in [6.45, 7) is 3.53. The average Bonchev–Trinajstić information content (AvgIpc) is 2.57. The standard InChI is InChI=1S/C18H25F4N3O.HI/c1-13-11-25(12-16(26-13)14-5-7-15(19)8-6-14)17(23-2)24-10-4-3-9-18(20,21)22;/h5-8,13,16H,3-4,9-12H2,1-2H3,(H,23,24);1H. The van der Waals surface area contributed by atoms with E-state index < -0.39 is 12.6 Å². The van der Waals surface area contributed by atoms with Gasteiger partial charge in [0.25, 0.3) is 0 Å². The summed E-state index contributed by atoms with van der Waals surface area (Å²) in [6, 6.07) is 6.19. The maximum absolute atomic E-state index is 13.1. The molecule has 1 aromatic rings. The number of rotatable bonds is 5. The average molecular weight is 503 g/mol. The molecule has 1 saturated heterocycles. The van der Waals surface area contributed by atoms with Crippen molar-refractivity contribution in [1.82, 2.24) is 10.2 Å². The van der Waals surface area contributed by atoms with Crippen LogP contribution >= 0.6 is 24.0 Å². The van der Waals surface area contributed by atoms with Gasteiger partial charge in [0.1, 0.15) is 11.9 Å². The molecular formula is C18H26F4IN3O. The van der Waals surface area contributed by atoms with Crippen LogP contribution in [-0.2, 0) is 4.74 Å². The quantitative estimate of drug-likeness (QED) is 0.211. The van der Waals surface area contributed by atoms with Crippen molar-refractivity contribution in [2.24, 2.45) is 4.99 Å². The van der Waals surface area contributed by atoms with Crippen LogP contribution in [0.4, 0.5) is 17.6 Å². The largest absolute Gasteiger partial charge is 0.389 e. The fourth-order valence-electron chi connectivity index (χ4n) is 2.97. The number of hydrogen-bond acceptors (Lipinski definition) is 2. The highest BCUT2D eigenvalue weighted by molar-refractivity contribution is 14.0. The molecule has 154 valence electrons. The van der Waals surface area contributed by atoms with Crippen molar-refractivity contribution in [2.75, 3.05) is 26.7 Å². The molecule has 2 unspecified atom stereocenters. The molecule has 2 atom stereocenters. The number of nitrogens with zero attached hydrogens (tertiary/aromatic N) is 2. The highest BCUT2D eigenvalue weighted by Crippen LogP contribution is 2.25. The summed E-state index contributed by atoms with van der Waals surface area (Å²) in [5.41, 5.74) is 0.878. The number of guanidine groups is 1. The molecule has 2 rings (SSSR count). The van der Waals surface area contributed by atoms with Gasteiger partial charge >= 0.3 is 6.18 Å². The predicted molar refractivity (Wildman–Crippen MR) is 108 cm³/mol. The summed E-state index contributed by atoms with van der Waals surface area (Å²) in [6.07, 6.45) is -4.64. The SMILES string of the molecule is CN=C(NCCCCC(F)(F)F)N1CC(C)OC(c2ccc(F)cc2)C1.I. The van der Waals surface area contributed by atoms with Crippen LogP contribution in [0.25, 0.3) is 0 Å². The van der Waals surface area contributed by atoms with E-state index in [4.69, 9.17) is 4.74 Å². The smallest absolute Gasteiger partial charge is 0.367 e. The van der Waals surface area contributed by atoms with Gasteiger partial charge in [-0.05, 0) is 37.5 Å². The van der Waals surface area contributed by atoms with Crippen molar-refractivity contribution in [3.05, 3.63) is 35.6 Å². The van der Waals surface area contributed by atoms with Gasteiger partial charge in [0.2, 0.25) is 0 Å². The predicted octanol–water partition coefficient (Wildman–Crippen LogP) is 4.51. The van der Waals surface area contributed by atoms with E-state index in [0.717, 1.165) is 5.56 Å². The monoisotopic (exact) mass is 503 g/mol. The molecule has 1 fully saturated rings. The number of aliphatic imine (C=N–C) groups is 1. The van der Waals surface area contributed by atoms with Gasteiger partial charge in [0.15, 0.2) is 5.96 Å². The van der Waals surface area contributed by atoms with Crippen LogP contribution in [0.2, 0.25) is 0 Å². The first kappa shape index (κ1) is 23.9. The summed E-state index contributed by atoms with van der Waals surface area (Å²) < 4.78 is 55.6. The fourth-order valence-corrected chi connectivity index (χ4v) is 2.97. The summed E-state index contributed by atoms with van der Waals surface area (Å²) in [7, 11) is 1.64. The summed E-state index contributed by atoms with van der Waals surface area (Å²) >= 11 is 0. The van der Waals surface area contributed by atoms with E-state index in [1.54, 1.807) is 19.2 Å². The van der Waals surface area contributed by atoms with E-state index in [1.165, 1.54) is 12.1 Å². The van der Waals surface area contributed by atoms with Crippen LogP contribution in [0.1, 0.15) is 37.9 Å². The normalized spacial score (nSPS) is 21.0. The van der Waals surface area contributed by atoms with Gasteiger partial charge in [-0.2, -0.15) is 13.2 Å². The van der Waals surface area contributed by atoms with E-state index in [9.17, 15) is 17.6 Å². The molecule has 1 heterocycles. The second-order valence-electron chi connectivity index (χ2n) is 6.44. The Morgan fingerprint density at radius 3 is 2.48 bits per heavy atom. The van der Waals surface area contributed by atoms with Crippen molar-refractivity contribution in [2.45, 2.75) is 44.6 Å². The van der Waals surface area contributed by atoms with Gasteiger partial charge in [-0.25, -0.2) is 4.39 Å². The van der Waals surface area contributed by atoms with Crippen molar-refractivity contribution >= 4 is 29.9 Å². The van der Waals surface area contributed by atoms with Gasteiger partial charge in [-0.1, -0.05) is 12.1 Å². The lowest BCUT2D eigenvalue weighted by atomic mass is 10.1. The number of unbranched alkanes of at least 4 members (excludes halogenated alkanes) is 1. The third-order valence-electron chi connectivity index (χ3n) is 4.18. The van der Waals surface area contributed by atoms with Crippen molar-refractivity contribution in [3.8, 4) is 0 Å². The van der Waals surface area contributed by atoms with Crippen LogP contribution in [0, 0.1) is 5.82 Å². The van der Waals surface area contributed by atoms with E-state index in [1.807, 2.05) is 11.8 Å². The van der Waals surface area contributed by atoms with E-state index in [-0.39, 0.29) is 48.4 Å². The molecule has 1 aliphatic heterocycles. The Labute approximate surface area is 174 Å². The molecular weight excluding hydrogens is 477 g/mol. The number of alkyl halides is 3. The zero-order valence-electron chi connectivity index (χ0n) is 15.4. The van der Waals surface area contributed by atoms with Gasteiger partial charge in [-0.15, -0.1) is 24.0 Å². The molecule has 1 aliphatic rings. The lowest BCUT2D eigenvalue weighted by molar-refractivity contribution is -0.135. The lowest BCUT2D eigenvalue weighted by Gasteiger charge is -2.38. The number of benzene rings is 1. The van der Waals surface area contributed by atoms with Crippen LogP contribution in [0.3, 0.4) is 0 Å². The third-order valence-corrected chi connectivity index (χ3v) is 4.18. The van der Waals surface area contributed by atoms with Crippen LogP contribution in [0.15, 0.2) is 29.3 Å². The Kier molecular flexibility index (Phi) is 9.78. The van der Waals surface area contributed by atoms with Crippen LogP contribution in [0.5, 0.6) is 0 Å². The van der Waals surface area contributed by atoms with Crippen LogP contribution < -0.4 is 5.32 Å². The lowest BCUT2D eigenvalue weighted by Crippen LogP contribution is -2.50. The van der Waals surface area contributed by atoms with Crippen molar-refractivity contribution in [1.29, 1.82) is 0 Å². The number of hydrogen-bond donors (Lipinski definition) is 1. The molecule has 9 heteroatoms. The minimum atomic E-state index is -4.11. The Hall–Kier alpha value is -1.10. The first-order chi connectivity index (χ1) is 12.3. The van der Waals surface area contributed by atoms with Gasteiger partial charge < -0.3 is 15.0 Å². The first-order valence-electron chi connectivity index (χ1n) is 8.72. The Morgan fingerprint density at radius 2 is 1.89 bits per heavy atom. The summed E-state index contributed by atoms with van der Waals surface area (Å²) in [4.78, 5) is 6.25. The van der Waals surface area contributed by atoms with Crippen molar-refractivity contribution < 1.29 is 22.3 Å². The molecule has 0 aliphatic carbocycles. The Balaban J connectivity index is 0.00000364. The molecule has 1 N–H and O–H groups in total. The Bertz CT molecular complexity index is 595. The molecule has 27 heavy (non-hydrogen) atoms. The molecule has 0 aromatic heterocycles. The second-order valence-corrected chi connectivity index (χ2v) is 6.44. The maximum Gasteiger partial charge on any atom is 0.389 e. The number of morpholine rings is 1. The molecule has 4 nitrogen and oxygen atoms in total. The molecule has 0 saturated carbocycles. The van der Waals surface area contributed by atoms with Crippen LogP contribution in [-0.4, -0.2) is 49.8 Å². The maximum atomic E-state index is 13.1. The Morgan fingerprint density at radius 1 is 1.22 bits per heavy atom. The molecule has 1 aromatic carbocycles.